The number of aliphatic carboxylic acids is 1. The van der Waals surface area contributed by atoms with Gasteiger partial charge < -0.3 is 30.3 Å². The van der Waals surface area contributed by atoms with Crippen molar-refractivity contribution in [2.45, 2.75) is 25.3 Å². The largest absolute Gasteiger partial charge is 0.483 e. The highest BCUT2D eigenvalue weighted by Crippen LogP contribution is 2.32. The van der Waals surface area contributed by atoms with Gasteiger partial charge in [0, 0.05) is 24.9 Å². The Morgan fingerprint density at radius 3 is 2.44 bits per heavy atom. The van der Waals surface area contributed by atoms with Crippen molar-refractivity contribution in [1.29, 1.82) is 0 Å². The molecule has 0 spiro atoms. The van der Waals surface area contributed by atoms with Gasteiger partial charge in [-0.3, -0.25) is 19.2 Å². The second kappa shape index (κ2) is 12.6. The van der Waals surface area contributed by atoms with Gasteiger partial charge in [0.25, 0.3) is 12.4 Å². The van der Waals surface area contributed by atoms with Gasteiger partial charge >= 0.3 is 5.97 Å². The summed E-state index contributed by atoms with van der Waals surface area (Å²) in [4.78, 5) is 44.2. The summed E-state index contributed by atoms with van der Waals surface area (Å²) in [5, 5.41) is 21.1. The molecule has 2 aromatic rings. The zero-order valence-corrected chi connectivity index (χ0v) is 17.2. The number of carbonyl (C=O) groups excluding carboxylic acids is 2. The molecule has 0 fully saturated rings. The molecule has 4 N–H and O–H groups in total. The average molecular weight is 444 g/mol. The van der Waals surface area contributed by atoms with E-state index in [1.54, 1.807) is 42.5 Å². The van der Waals surface area contributed by atoms with Crippen molar-refractivity contribution in [2.75, 3.05) is 13.3 Å². The molecule has 10 heteroatoms. The number of ether oxygens (including phenoxy) is 2. The molecule has 0 bridgehead atoms. The third kappa shape index (κ3) is 7.63. The van der Waals surface area contributed by atoms with Gasteiger partial charge in [0.1, 0.15) is 6.04 Å². The third-order valence-electron chi connectivity index (χ3n) is 4.40. The molecule has 0 aromatic heterocycles. The summed E-state index contributed by atoms with van der Waals surface area (Å²) in [6.45, 7) is 0.112. The Kier molecular flexibility index (Phi) is 9.51. The van der Waals surface area contributed by atoms with Crippen molar-refractivity contribution in [2.24, 2.45) is 0 Å². The van der Waals surface area contributed by atoms with E-state index in [2.05, 4.69) is 10.6 Å². The van der Waals surface area contributed by atoms with Crippen LogP contribution in [-0.4, -0.2) is 53.8 Å². The van der Waals surface area contributed by atoms with Crippen LogP contribution in [0.25, 0.3) is 0 Å². The number of hydrogen-bond donors (Lipinski definition) is 4. The second-order valence-corrected chi connectivity index (χ2v) is 6.68. The van der Waals surface area contributed by atoms with Crippen molar-refractivity contribution in [3.63, 3.8) is 0 Å². The Balaban J connectivity index is 0.00000114. The molecule has 1 aliphatic heterocycles. The Morgan fingerprint density at radius 1 is 1.06 bits per heavy atom. The normalized spacial score (nSPS) is 12.0. The Bertz CT molecular complexity index is 933. The van der Waals surface area contributed by atoms with Crippen molar-refractivity contribution in [1.82, 2.24) is 10.6 Å². The lowest BCUT2D eigenvalue weighted by atomic mass is 10.0. The Hall–Kier alpha value is -4.08. The quantitative estimate of drug-likeness (QED) is 0.335. The maximum Gasteiger partial charge on any atom is 0.303 e. The molecule has 0 aliphatic carbocycles. The Morgan fingerprint density at radius 2 is 1.75 bits per heavy atom. The highest BCUT2D eigenvalue weighted by Gasteiger charge is 2.23. The smallest absolute Gasteiger partial charge is 0.303 e. The lowest BCUT2D eigenvalue weighted by molar-refractivity contribution is -0.137. The number of benzene rings is 2. The zero-order chi connectivity index (χ0) is 23.3. The van der Waals surface area contributed by atoms with Crippen LogP contribution in [-0.2, 0) is 20.8 Å². The van der Waals surface area contributed by atoms with Gasteiger partial charge in [-0.2, -0.15) is 0 Å². The van der Waals surface area contributed by atoms with E-state index in [1.807, 2.05) is 6.07 Å². The molecular formula is C22H24N2O8. The van der Waals surface area contributed by atoms with E-state index >= 15 is 0 Å². The summed E-state index contributed by atoms with van der Waals surface area (Å²) < 4.78 is 10.7. The average Bonchev–Trinajstić information content (AvgIpc) is 3.25. The fourth-order valence-electron chi connectivity index (χ4n) is 2.92. The molecule has 32 heavy (non-hydrogen) atoms. The van der Waals surface area contributed by atoms with E-state index in [4.69, 9.17) is 24.5 Å². The number of carboxylic acid groups (broad SMARTS) is 2. The molecule has 1 atom stereocenters. The zero-order valence-electron chi connectivity index (χ0n) is 17.2. The van der Waals surface area contributed by atoms with Crippen LogP contribution < -0.4 is 20.1 Å². The first-order chi connectivity index (χ1) is 15.4. The van der Waals surface area contributed by atoms with Gasteiger partial charge in [0.05, 0.1) is 0 Å². The lowest BCUT2D eigenvalue weighted by Crippen LogP contribution is -2.48. The number of rotatable bonds is 9. The maximum atomic E-state index is 12.7. The molecule has 0 radical (unpaired) electrons. The second-order valence-electron chi connectivity index (χ2n) is 6.68. The van der Waals surface area contributed by atoms with E-state index in [-0.39, 0.29) is 44.5 Å². The van der Waals surface area contributed by atoms with Crippen molar-refractivity contribution >= 4 is 24.3 Å². The molecule has 2 amide bonds. The number of amides is 2. The van der Waals surface area contributed by atoms with E-state index in [1.165, 1.54) is 0 Å². The lowest BCUT2D eigenvalue weighted by Gasteiger charge is -2.19. The fraction of sp³-hybridized carbons (Fsp3) is 0.273. The van der Waals surface area contributed by atoms with Gasteiger partial charge in [0.15, 0.2) is 11.5 Å². The van der Waals surface area contributed by atoms with Crippen LogP contribution in [0.4, 0.5) is 0 Å². The predicted molar refractivity (Wildman–Crippen MR) is 113 cm³/mol. The predicted octanol–water partition coefficient (Wildman–Crippen LogP) is 1.44. The number of carboxylic acids is 1. The van der Waals surface area contributed by atoms with Crippen molar-refractivity contribution in [3.05, 3.63) is 59.7 Å². The molecule has 1 aliphatic rings. The van der Waals surface area contributed by atoms with Crippen LogP contribution in [0, 0.1) is 0 Å². The standard InChI is InChI=1S/C21H22N2O6.CH2O2/c24-19(25)7-4-10-22-21(27)16(23-20(26)15-5-2-1-3-6-15)11-14-8-9-17-18(12-14)29-13-28-17;2-1-3/h1-3,5-6,8-9,12,16H,4,7,10-11,13H2,(H,22,27)(H,23,26)(H,24,25);1H,(H,2,3). The third-order valence-corrected chi connectivity index (χ3v) is 4.40. The van der Waals surface area contributed by atoms with Crippen LogP contribution in [0.1, 0.15) is 28.8 Å². The molecule has 1 heterocycles. The SMILES string of the molecule is O=C(O)CCCNC(=O)C(Cc1ccc2c(c1)OCO2)NC(=O)c1ccccc1.O=CO. The van der Waals surface area contributed by atoms with Gasteiger partial charge in [-0.15, -0.1) is 0 Å². The van der Waals surface area contributed by atoms with Crippen molar-refractivity contribution in [3.8, 4) is 11.5 Å². The van der Waals surface area contributed by atoms with Gasteiger partial charge in [-0.25, -0.2) is 0 Å². The maximum absolute atomic E-state index is 12.7. The molecule has 2 aromatic carbocycles. The first kappa shape index (κ1) is 24.2. The number of hydrogen-bond acceptors (Lipinski definition) is 6. The summed E-state index contributed by atoms with van der Waals surface area (Å²) in [6.07, 6.45) is 0.522. The topological polar surface area (TPSA) is 151 Å². The summed E-state index contributed by atoms with van der Waals surface area (Å²) in [5.74, 6) is -0.433. The highest BCUT2D eigenvalue weighted by molar-refractivity contribution is 5.97. The highest BCUT2D eigenvalue weighted by atomic mass is 16.7. The summed E-state index contributed by atoms with van der Waals surface area (Å²) in [6, 6.07) is 13.1. The minimum absolute atomic E-state index is 0.0382. The van der Waals surface area contributed by atoms with Gasteiger partial charge in [-0.1, -0.05) is 24.3 Å². The molecule has 0 saturated heterocycles. The van der Waals surface area contributed by atoms with E-state index in [9.17, 15) is 14.4 Å². The van der Waals surface area contributed by atoms with Crippen molar-refractivity contribution < 1.29 is 38.9 Å². The van der Waals surface area contributed by atoms with Crippen LogP contribution in [0.3, 0.4) is 0 Å². The Labute approximate surface area is 184 Å². The van der Waals surface area contributed by atoms with Crippen LogP contribution in [0.15, 0.2) is 48.5 Å². The minimum atomic E-state index is -0.923. The monoisotopic (exact) mass is 444 g/mol. The molecule has 3 rings (SSSR count). The molecule has 1 unspecified atom stereocenters. The fourth-order valence-corrected chi connectivity index (χ4v) is 2.92. The van der Waals surface area contributed by atoms with Crippen LogP contribution in [0.2, 0.25) is 0 Å². The first-order valence-electron chi connectivity index (χ1n) is 9.76. The van der Waals surface area contributed by atoms with E-state index in [0.717, 1.165) is 5.56 Å². The first-order valence-corrected chi connectivity index (χ1v) is 9.76. The minimum Gasteiger partial charge on any atom is -0.483 e. The van der Waals surface area contributed by atoms with E-state index in [0.29, 0.717) is 23.5 Å². The van der Waals surface area contributed by atoms with Crippen LogP contribution >= 0.6 is 0 Å². The summed E-state index contributed by atoms with van der Waals surface area (Å²) in [5.41, 5.74) is 1.25. The molecule has 0 saturated carbocycles. The number of nitrogens with one attached hydrogen (secondary N) is 2. The summed E-state index contributed by atoms with van der Waals surface area (Å²) >= 11 is 0. The molecule has 170 valence electrons. The molecule has 10 nitrogen and oxygen atoms in total. The number of fused-ring (bicyclic) bond motifs is 1. The van der Waals surface area contributed by atoms with Crippen LogP contribution in [0.5, 0.6) is 11.5 Å². The summed E-state index contributed by atoms with van der Waals surface area (Å²) in [7, 11) is 0. The van der Waals surface area contributed by atoms with Gasteiger partial charge in [-0.05, 0) is 36.2 Å². The molecular weight excluding hydrogens is 420 g/mol. The van der Waals surface area contributed by atoms with Gasteiger partial charge in [0.2, 0.25) is 12.7 Å². The van der Waals surface area contributed by atoms with E-state index < -0.39 is 12.0 Å². The number of carbonyl (C=O) groups is 4.